The highest BCUT2D eigenvalue weighted by atomic mass is 35.5. The Hall–Kier alpha value is -1.46. The third-order valence-corrected chi connectivity index (χ3v) is 3.26. The van der Waals surface area contributed by atoms with Crippen molar-refractivity contribution in [1.82, 2.24) is 4.98 Å². The normalized spacial score (nSPS) is 11.6. The highest BCUT2D eigenvalue weighted by molar-refractivity contribution is 6.43. The van der Waals surface area contributed by atoms with Crippen LogP contribution in [0.2, 0.25) is 10.0 Å². The van der Waals surface area contributed by atoms with Gasteiger partial charge in [-0.05, 0) is 12.1 Å². The second-order valence-corrected chi connectivity index (χ2v) is 4.50. The van der Waals surface area contributed by atoms with Gasteiger partial charge in [0.2, 0.25) is 5.56 Å². The first-order valence-corrected chi connectivity index (χ1v) is 5.81. The van der Waals surface area contributed by atoms with Crippen molar-refractivity contribution in [3.63, 3.8) is 0 Å². The number of aromatic amines is 1. The number of H-pyrrole nitrogens is 1. The monoisotopic (exact) mass is 307 g/mol. The summed E-state index contributed by atoms with van der Waals surface area (Å²) in [7, 11) is 0. The molecule has 2 rings (SSSR count). The fourth-order valence-corrected chi connectivity index (χ4v) is 2.04. The first kappa shape index (κ1) is 14.0. The van der Waals surface area contributed by atoms with E-state index in [1.54, 1.807) is 4.98 Å². The Balaban J connectivity index is 2.76. The summed E-state index contributed by atoms with van der Waals surface area (Å²) in [6.45, 7) is 0. The van der Waals surface area contributed by atoms with Crippen molar-refractivity contribution in [1.29, 1.82) is 0 Å². The quantitative estimate of drug-likeness (QED) is 0.834. The summed E-state index contributed by atoms with van der Waals surface area (Å²) >= 11 is 11.7. The predicted octanol–water partition coefficient (Wildman–Crippen LogP) is 4.37. The zero-order chi connectivity index (χ0) is 14.2. The van der Waals surface area contributed by atoms with Gasteiger partial charge in [-0.1, -0.05) is 35.3 Å². The van der Waals surface area contributed by atoms with Gasteiger partial charge in [0.25, 0.3) is 0 Å². The molecule has 1 aromatic carbocycles. The summed E-state index contributed by atoms with van der Waals surface area (Å²) < 4.78 is 38.7. The molecule has 0 saturated carbocycles. The van der Waals surface area contributed by atoms with E-state index in [1.165, 1.54) is 18.2 Å². The summed E-state index contributed by atoms with van der Waals surface area (Å²) in [5, 5.41) is 0.139. The molecule has 0 saturated heterocycles. The highest BCUT2D eigenvalue weighted by Gasteiger charge is 2.35. The Labute approximate surface area is 115 Å². The molecule has 2 nitrogen and oxygen atoms in total. The van der Waals surface area contributed by atoms with E-state index in [2.05, 4.69) is 0 Å². The Morgan fingerprint density at radius 1 is 1.00 bits per heavy atom. The summed E-state index contributed by atoms with van der Waals surface area (Å²) in [6.07, 6.45) is -4.69. The van der Waals surface area contributed by atoms with E-state index in [0.29, 0.717) is 0 Å². The van der Waals surface area contributed by atoms with Crippen LogP contribution < -0.4 is 5.56 Å². The van der Waals surface area contributed by atoms with Gasteiger partial charge >= 0.3 is 6.18 Å². The number of halogens is 5. The van der Waals surface area contributed by atoms with Crippen LogP contribution >= 0.6 is 23.2 Å². The van der Waals surface area contributed by atoms with E-state index in [-0.39, 0.29) is 21.2 Å². The average Bonchev–Trinajstić information content (AvgIpc) is 2.32. The van der Waals surface area contributed by atoms with Gasteiger partial charge in [0.1, 0.15) is 5.69 Å². The van der Waals surface area contributed by atoms with Crippen molar-refractivity contribution in [3.05, 3.63) is 56.4 Å². The SMILES string of the molecule is O=c1ccc(-c2cccc(Cl)c2Cl)c(C(F)(F)F)[nH]1. The molecule has 0 amide bonds. The maximum Gasteiger partial charge on any atom is 0.431 e. The third-order valence-electron chi connectivity index (χ3n) is 2.44. The summed E-state index contributed by atoms with van der Waals surface area (Å²) in [5.41, 5.74) is -2.10. The fraction of sp³-hybridized carbons (Fsp3) is 0.0833. The molecule has 0 aliphatic heterocycles. The molecule has 0 atom stereocenters. The van der Waals surface area contributed by atoms with E-state index in [1.807, 2.05) is 0 Å². The Morgan fingerprint density at radius 3 is 2.32 bits per heavy atom. The topological polar surface area (TPSA) is 32.9 Å². The van der Waals surface area contributed by atoms with Crippen LogP contribution in [0.15, 0.2) is 35.1 Å². The van der Waals surface area contributed by atoms with Gasteiger partial charge < -0.3 is 4.98 Å². The van der Waals surface area contributed by atoms with E-state index >= 15 is 0 Å². The van der Waals surface area contributed by atoms with Gasteiger partial charge in [-0.25, -0.2) is 0 Å². The number of aromatic nitrogens is 1. The van der Waals surface area contributed by atoms with Crippen LogP contribution in [0.25, 0.3) is 11.1 Å². The molecule has 0 radical (unpaired) electrons. The first-order chi connectivity index (χ1) is 8.80. The number of hydrogen-bond donors (Lipinski definition) is 1. The summed E-state index contributed by atoms with van der Waals surface area (Å²) in [4.78, 5) is 12.8. The molecule has 1 aromatic heterocycles. The van der Waals surface area contributed by atoms with Gasteiger partial charge in [-0.2, -0.15) is 13.2 Å². The number of benzene rings is 1. The summed E-state index contributed by atoms with van der Waals surface area (Å²) in [6, 6.07) is 6.42. The number of alkyl halides is 3. The molecule has 1 N–H and O–H groups in total. The van der Waals surface area contributed by atoms with Crippen LogP contribution in [0.3, 0.4) is 0 Å². The lowest BCUT2D eigenvalue weighted by atomic mass is 10.0. The van der Waals surface area contributed by atoms with Crippen molar-refractivity contribution in [2.45, 2.75) is 6.18 Å². The van der Waals surface area contributed by atoms with Gasteiger partial charge in [-0.15, -0.1) is 0 Å². The van der Waals surface area contributed by atoms with Gasteiger partial charge in [-0.3, -0.25) is 4.79 Å². The van der Waals surface area contributed by atoms with Crippen LogP contribution in [0.4, 0.5) is 13.2 Å². The third kappa shape index (κ3) is 2.77. The molecule has 0 unspecified atom stereocenters. The molecule has 1 heterocycles. The van der Waals surface area contributed by atoms with Crippen LogP contribution in [0.1, 0.15) is 5.69 Å². The number of nitrogens with one attached hydrogen (secondary N) is 1. The van der Waals surface area contributed by atoms with Crippen molar-refractivity contribution in [3.8, 4) is 11.1 Å². The standard InChI is InChI=1S/C12H6Cl2F3NO/c13-8-3-1-2-6(10(8)14)7-4-5-9(19)18-11(7)12(15,16)17/h1-5H,(H,18,19). The second kappa shape index (κ2) is 4.90. The lowest BCUT2D eigenvalue weighted by molar-refractivity contribution is -0.140. The minimum absolute atomic E-state index is 0.00159. The van der Waals surface area contributed by atoms with Gasteiger partial charge in [0.05, 0.1) is 10.0 Å². The van der Waals surface area contributed by atoms with Crippen LogP contribution in [-0.4, -0.2) is 4.98 Å². The molecule has 0 aliphatic carbocycles. The molecule has 19 heavy (non-hydrogen) atoms. The molecule has 0 spiro atoms. The Bertz CT molecular complexity index is 679. The molecule has 2 aromatic rings. The van der Waals surface area contributed by atoms with E-state index in [0.717, 1.165) is 12.1 Å². The lowest BCUT2D eigenvalue weighted by Crippen LogP contribution is -2.17. The van der Waals surface area contributed by atoms with Crippen molar-refractivity contribution >= 4 is 23.2 Å². The molecule has 0 fully saturated rings. The smallest absolute Gasteiger partial charge is 0.318 e. The Morgan fingerprint density at radius 2 is 1.68 bits per heavy atom. The van der Waals surface area contributed by atoms with E-state index < -0.39 is 17.4 Å². The zero-order valence-electron chi connectivity index (χ0n) is 9.18. The molecular weight excluding hydrogens is 302 g/mol. The lowest BCUT2D eigenvalue weighted by Gasteiger charge is -2.13. The van der Waals surface area contributed by atoms with Crippen molar-refractivity contribution < 1.29 is 13.2 Å². The minimum Gasteiger partial charge on any atom is -0.318 e. The van der Waals surface area contributed by atoms with E-state index in [4.69, 9.17) is 23.2 Å². The molecule has 7 heteroatoms. The molecule has 100 valence electrons. The van der Waals surface area contributed by atoms with Crippen molar-refractivity contribution in [2.24, 2.45) is 0 Å². The number of pyridine rings is 1. The maximum atomic E-state index is 12.9. The minimum atomic E-state index is -4.69. The molecule has 0 aliphatic rings. The molecular formula is C12H6Cl2F3NO. The summed E-state index contributed by atoms with van der Waals surface area (Å²) in [5.74, 6) is 0. The second-order valence-electron chi connectivity index (χ2n) is 3.71. The number of rotatable bonds is 1. The number of hydrogen-bond acceptors (Lipinski definition) is 1. The average molecular weight is 308 g/mol. The predicted molar refractivity (Wildman–Crippen MR) is 67.5 cm³/mol. The maximum absolute atomic E-state index is 12.9. The molecule has 0 bridgehead atoms. The van der Waals surface area contributed by atoms with E-state index in [9.17, 15) is 18.0 Å². The fourth-order valence-electron chi connectivity index (χ4n) is 1.63. The van der Waals surface area contributed by atoms with Crippen LogP contribution in [0, 0.1) is 0 Å². The Kier molecular flexibility index (Phi) is 3.60. The van der Waals surface area contributed by atoms with Gasteiger partial charge in [0.15, 0.2) is 0 Å². The van der Waals surface area contributed by atoms with Crippen LogP contribution in [-0.2, 0) is 6.18 Å². The highest BCUT2D eigenvalue weighted by Crippen LogP contribution is 2.39. The van der Waals surface area contributed by atoms with Gasteiger partial charge in [0, 0.05) is 17.2 Å². The van der Waals surface area contributed by atoms with Crippen LogP contribution in [0.5, 0.6) is 0 Å². The first-order valence-electron chi connectivity index (χ1n) is 5.05. The largest absolute Gasteiger partial charge is 0.431 e. The van der Waals surface area contributed by atoms with Crippen molar-refractivity contribution in [2.75, 3.05) is 0 Å². The zero-order valence-corrected chi connectivity index (χ0v) is 10.7.